The van der Waals surface area contributed by atoms with Crippen molar-refractivity contribution < 1.29 is 19.2 Å². The number of rotatable bonds is 4. The first-order chi connectivity index (χ1) is 13.0. The average Bonchev–Trinajstić information content (AvgIpc) is 3.16. The summed E-state index contributed by atoms with van der Waals surface area (Å²) in [6.45, 7) is 1.25. The van der Waals surface area contributed by atoms with Crippen molar-refractivity contribution in [2.75, 3.05) is 13.1 Å². The Hall–Kier alpha value is -3.21. The summed E-state index contributed by atoms with van der Waals surface area (Å²) in [7, 11) is 0. The molecule has 1 saturated heterocycles. The van der Waals surface area contributed by atoms with E-state index in [1.54, 1.807) is 17.0 Å². The first-order valence-electron chi connectivity index (χ1n) is 8.16. The summed E-state index contributed by atoms with van der Waals surface area (Å²) >= 11 is 0.697. The number of carbonyl (C=O) groups is 2. The predicted octanol–water partition coefficient (Wildman–Crippen LogP) is 3.96. The number of nitro groups is 1. The molecule has 3 rings (SSSR count). The Morgan fingerprint density at radius 2 is 1.96 bits per heavy atom. The van der Waals surface area contributed by atoms with E-state index in [0.29, 0.717) is 24.4 Å². The van der Waals surface area contributed by atoms with E-state index in [1.165, 1.54) is 12.1 Å². The Morgan fingerprint density at radius 3 is 2.67 bits per heavy atom. The van der Waals surface area contributed by atoms with Crippen LogP contribution in [-0.4, -0.2) is 39.9 Å². The van der Waals surface area contributed by atoms with Gasteiger partial charge in [0.25, 0.3) is 5.91 Å². The number of ether oxygens (including phenoxy) is 1. The van der Waals surface area contributed by atoms with Crippen LogP contribution in [0.1, 0.15) is 29.6 Å². The molecule has 1 aromatic heterocycles. The maximum atomic E-state index is 12.3. The predicted molar refractivity (Wildman–Crippen MR) is 95.5 cm³/mol. The van der Waals surface area contributed by atoms with Crippen molar-refractivity contribution in [1.29, 1.82) is 0 Å². The smallest absolute Gasteiger partial charge is 0.409 e. The second-order valence-corrected chi connectivity index (χ2v) is 6.64. The fourth-order valence-corrected chi connectivity index (χ4v) is 3.05. The number of hydrogen-bond donors (Lipinski definition) is 0. The third-order valence-electron chi connectivity index (χ3n) is 3.82. The number of para-hydroxylation sites is 1. The number of aromatic nitrogens is 1. The minimum absolute atomic E-state index is 0.0159. The molecule has 0 saturated carbocycles. The van der Waals surface area contributed by atoms with E-state index in [4.69, 9.17) is 4.74 Å². The van der Waals surface area contributed by atoms with Gasteiger partial charge in [0.15, 0.2) is 0 Å². The molecule has 11 heteroatoms. The SMILES string of the molecule is O=C(N=Nc1ncc([N+](=O)[O-])s1)c1ccccc1OC(=O)N1CCCCC1. The van der Waals surface area contributed by atoms with Gasteiger partial charge in [0.2, 0.25) is 5.13 Å². The van der Waals surface area contributed by atoms with Gasteiger partial charge in [0, 0.05) is 13.1 Å². The fraction of sp³-hybridized carbons (Fsp3) is 0.312. The normalized spacial score (nSPS) is 14.3. The van der Waals surface area contributed by atoms with Crippen molar-refractivity contribution in [3.8, 4) is 5.75 Å². The zero-order valence-electron chi connectivity index (χ0n) is 14.1. The highest BCUT2D eigenvalue weighted by Gasteiger charge is 2.21. The third-order valence-corrected chi connectivity index (χ3v) is 4.65. The van der Waals surface area contributed by atoms with Gasteiger partial charge in [-0.2, -0.15) is 0 Å². The van der Waals surface area contributed by atoms with Crippen molar-refractivity contribution >= 4 is 33.5 Å². The summed E-state index contributed by atoms with van der Waals surface area (Å²) in [5.41, 5.74) is 0.0673. The number of azo groups is 1. The number of hydrogen-bond acceptors (Lipinski definition) is 8. The maximum Gasteiger partial charge on any atom is 0.415 e. The standard InChI is InChI=1S/C16H15N5O5S/c22-14(18-19-15-17-10-13(27-15)21(24)25)11-6-2-3-7-12(11)26-16(23)20-8-4-1-5-9-20/h2-3,6-7,10H,1,4-5,8-9H2. The Kier molecular flexibility index (Phi) is 5.81. The maximum absolute atomic E-state index is 12.3. The largest absolute Gasteiger partial charge is 0.415 e. The molecular weight excluding hydrogens is 374 g/mol. The highest BCUT2D eigenvalue weighted by atomic mass is 32.1. The molecular formula is C16H15N5O5S. The van der Waals surface area contributed by atoms with Crippen LogP contribution in [0.4, 0.5) is 14.9 Å². The minimum atomic E-state index is -0.741. The number of likely N-dealkylation sites (tertiary alicyclic amines) is 1. The average molecular weight is 389 g/mol. The number of benzene rings is 1. The molecule has 1 fully saturated rings. The van der Waals surface area contributed by atoms with Gasteiger partial charge in [0.05, 0.1) is 10.5 Å². The van der Waals surface area contributed by atoms with E-state index >= 15 is 0 Å². The molecule has 0 N–H and O–H groups in total. The number of amides is 2. The Morgan fingerprint density at radius 1 is 1.22 bits per heavy atom. The first kappa shape index (κ1) is 18.6. The lowest BCUT2D eigenvalue weighted by Gasteiger charge is -2.25. The molecule has 0 radical (unpaired) electrons. The summed E-state index contributed by atoms with van der Waals surface area (Å²) in [6.07, 6.45) is 3.45. The molecule has 0 spiro atoms. The van der Waals surface area contributed by atoms with Crippen molar-refractivity contribution in [3.05, 3.63) is 46.1 Å². The molecule has 2 heterocycles. The lowest BCUT2D eigenvalue weighted by atomic mass is 10.1. The van der Waals surface area contributed by atoms with Gasteiger partial charge in [-0.05, 0) is 42.7 Å². The number of piperidine rings is 1. The highest BCUT2D eigenvalue weighted by Crippen LogP contribution is 2.28. The van der Waals surface area contributed by atoms with E-state index in [-0.39, 0.29) is 21.4 Å². The van der Waals surface area contributed by atoms with Crippen molar-refractivity contribution in [3.63, 3.8) is 0 Å². The molecule has 2 amide bonds. The van der Waals surface area contributed by atoms with Crippen LogP contribution in [0.25, 0.3) is 0 Å². The van der Waals surface area contributed by atoms with Crippen LogP contribution in [0, 0.1) is 10.1 Å². The molecule has 0 unspecified atom stereocenters. The van der Waals surface area contributed by atoms with E-state index in [9.17, 15) is 19.7 Å². The number of thiazole rings is 1. The Balaban J connectivity index is 1.72. The van der Waals surface area contributed by atoms with E-state index in [1.807, 2.05) is 0 Å². The summed E-state index contributed by atoms with van der Waals surface area (Å²) in [4.78, 5) is 39.9. The third kappa shape index (κ3) is 4.70. The van der Waals surface area contributed by atoms with Crippen LogP contribution in [0.5, 0.6) is 5.75 Å². The van der Waals surface area contributed by atoms with Crippen LogP contribution < -0.4 is 4.74 Å². The molecule has 10 nitrogen and oxygen atoms in total. The Labute approximate surface area is 157 Å². The second-order valence-electron chi connectivity index (χ2n) is 5.66. The topological polar surface area (TPSA) is 127 Å². The Bertz CT molecular complexity index is 891. The molecule has 1 aliphatic heterocycles. The van der Waals surface area contributed by atoms with Crippen LogP contribution >= 0.6 is 11.3 Å². The molecule has 140 valence electrons. The molecule has 1 aliphatic rings. The minimum Gasteiger partial charge on any atom is -0.409 e. The molecule has 27 heavy (non-hydrogen) atoms. The number of carbonyl (C=O) groups excluding carboxylic acids is 2. The van der Waals surface area contributed by atoms with E-state index in [2.05, 4.69) is 15.2 Å². The van der Waals surface area contributed by atoms with Crippen LogP contribution in [0.2, 0.25) is 0 Å². The quantitative estimate of drug-likeness (QED) is 0.442. The monoisotopic (exact) mass is 389 g/mol. The molecule has 1 aromatic carbocycles. The fourth-order valence-electron chi connectivity index (χ4n) is 2.50. The highest BCUT2D eigenvalue weighted by molar-refractivity contribution is 7.18. The molecule has 2 aromatic rings. The zero-order valence-corrected chi connectivity index (χ0v) is 14.9. The molecule has 0 aliphatic carbocycles. The zero-order chi connectivity index (χ0) is 19.2. The second kappa shape index (κ2) is 8.45. The van der Waals surface area contributed by atoms with Crippen LogP contribution in [0.3, 0.4) is 0 Å². The summed E-state index contributed by atoms with van der Waals surface area (Å²) < 4.78 is 5.36. The lowest BCUT2D eigenvalue weighted by Crippen LogP contribution is -2.37. The van der Waals surface area contributed by atoms with Crippen molar-refractivity contribution in [2.45, 2.75) is 19.3 Å². The van der Waals surface area contributed by atoms with E-state index in [0.717, 1.165) is 25.5 Å². The molecule has 0 atom stereocenters. The van der Waals surface area contributed by atoms with Gasteiger partial charge in [-0.25, -0.2) is 9.78 Å². The number of nitrogens with zero attached hydrogens (tertiary/aromatic N) is 5. The summed E-state index contributed by atoms with van der Waals surface area (Å²) in [5.74, 6) is -0.656. The van der Waals surface area contributed by atoms with Gasteiger partial charge in [0.1, 0.15) is 11.9 Å². The van der Waals surface area contributed by atoms with Crippen LogP contribution in [-0.2, 0) is 0 Å². The van der Waals surface area contributed by atoms with Crippen molar-refractivity contribution in [2.24, 2.45) is 10.2 Å². The van der Waals surface area contributed by atoms with Crippen molar-refractivity contribution in [1.82, 2.24) is 9.88 Å². The van der Waals surface area contributed by atoms with Gasteiger partial charge in [-0.1, -0.05) is 12.1 Å². The van der Waals surface area contributed by atoms with Gasteiger partial charge in [-0.3, -0.25) is 14.9 Å². The van der Waals surface area contributed by atoms with E-state index < -0.39 is 16.9 Å². The van der Waals surface area contributed by atoms with Gasteiger partial charge < -0.3 is 9.64 Å². The van der Waals surface area contributed by atoms with Crippen LogP contribution in [0.15, 0.2) is 40.7 Å². The van der Waals surface area contributed by atoms with Gasteiger partial charge >= 0.3 is 11.1 Å². The van der Waals surface area contributed by atoms with Gasteiger partial charge in [-0.15, -0.1) is 10.2 Å². The summed E-state index contributed by atoms with van der Waals surface area (Å²) in [6, 6.07) is 6.20. The lowest BCUT2D eigenvalue weighted by molar-refractivity contribution is -0.380. The first-order valence-corrected chi connectivity index (χ1v) is 8.98. The molecule has 0 bridgehead atoms. The summed E-state index contributed by atoms with van der Waals surface area (Å²) in [5, 5.41) is 17.6.